The van der Waals surface area contributed by atoms with E-state index in [9.17, 15) is 4.79 Å². The molecule has 4 rings (SSSR count). The first-order valence-electron chi connectivity index (χ1n) is 10.8. The lowest BCUT2D eigenvalue weighted by Gasteiger charge is -2.36. The van der Waals surface area contributed by atoms with Crippen LogP contribution < -0.4 is 10.1 Å². The Morgan fingerprint density at radius 2 is 1.90 bits per heavy atom. The lowest BCUT2D eigenvalue weighted by Crippen LogP contribution is -2.42. The van der Waals surface area contributed by atoms with Gasteiger partial charge in [-0.2, -0.15) is 0 Å². The second-order valence-electron chi connectivity index (χ2n) is 8.20. The molecule has 0 spiro atoms. The van der Waals surface area contributed by atoms with Gasteiger partial charge in [0.25, 0.3) is 0 Å². The van der Waals surface area contributed by atoms with E-state index in [0.717, 1.165) is 35.4 Å². The Morgan fingerprint density at radius 3 is 2.55 bits per heavy atom. The number of amides is 2. The summed E-state index contributed by atoms with van der Waals surface area (Å²) in [5, 5.41) is 3.16. The predicted octanol–water partition coefficient (Wildman–Crippen LogP) is 6.42. The third-order valence-corrected chi connectivity index (χ3v) is 7.42. The number of hydrogen-bond donors (Lipinski definition) is 1. The minimum absolute atomic E-state index is 0.0532. The Balaban J connectivity index is 1.73. The van der Waals surface area contributed by atoms with Crippen LogP contribution in [0, 0.1) is 20.8 Å². The van der Waals surface area contributed by atoms with E-state index >= 15 is 0 Å². The number of methoxy groups -OCH3 is 1. The molecule has 1 atom stereocenters. The van der Waals surface area contributed by atoms with Crippen LogP contribution in [-0.2, 0) is 12.8 Å². The second-order valence-corrected chi connectivity index (χ2v) is 9.46. The topological polar surface area (TPSA) is 41.6 Å². The zero-order chi connectivity index (χ0) is 22.1. The highest BCUT2D eigenvalue weighted by molar-refractivity contribution is 7.12. The molecule has 2 aromatic carbocycles. The van der Waals surface area contributed by atoms with Crippen molar-refractivity contribution in [3.05, 3.63) is 80.0 Å². The van der Waals surface area contributed by atoms with Crippen molar-refractivity contribution in [3.63, 3.8) is 0 Å². The summed E-state index contributed by atoms with van der Waals surface area (Å²) in [6.07, 6.45) is 1.93. The average molecular weight is 435 g/mol. The fourth-order valence-corrected chi connectivity index (χ4v) is 6.03. The number of rotatable bonds is 4. The van der Waals surface area contributed by atoms with Crippen LogP contribution in [0.2, 0.25) is 0 Å². The molecule has 4 nitrogen and oxygen atoms in total. The van der Waals surface area contributed by atoms with E-state index < -0.39 is 0 Å². The number of anilines is 1. The largest absolute Gasteiger partial charge is 0.497 e. The highest BCUT2D eigenvalue weighted by atomic mass is 32.1. The van der Waals surface area contributed by atoms with Crippen LogP contribution in [0.15, 0.2) is 42.5 Å². The standard InChI is InChI=1S/C26H30N2O2S/c1-6-21-18(4)31-25-22(21)13-14-28(24(25)19-8-10-20(30-5)11-9-19)26(29)27-23-12-7-16(2)15-17(23)3/h7-12,15,24H,6,13-14H2,1-5H3,(H,27,29)/t24-/m0/s1. The van der Waals surface area contributed by atoms with Gasteiger partial charge in [0.1, 0.15) is 5.75 Å². The van der Waals surface area contributed by atoms with E-state index in [1.807, 2.05) is 47.4 Å². The fraction of sp³-hybridized carbons (Fsp3) is 0.346. The zero-order valence-corrected chi connectivity index (χ0v) is 19.7. The molecule has 0 unspecified atom stereocenters. The second kappa shape index (κ2) is 8.75. The van der Waals surface area contributed by atoms with Gasteiger partial charge in [-0.15, -0.1) is 11.3 Å². The molecule has 2 heterocycles. The summed E-state index contributed by atoms with van der Waals surface area (Å²) in [7, 11) is 1.67. The van der Waals surface area contributed by atoms with E-state index in [4.69, 9.17) is 4.74 Å². The van der Waals surface area contributed by atoms with Gasteiger partial charge in [-0.1, -0.05) is 36.8 Å². The van der Waals surface area contributed by atoms with Crippen LogP contribution in [0.3, 0.4) is 0 Å². The molecular weight excluding hydrogens is 404 g/mol. The molecule has 31 heavy (non-hydrogen) atoms. The van der Waals surface area contributed by atoms with Crippen LogP contribution in [0.1, 0.15) is 50.5 Å². The summed E-state index contributed by atoms with van der Waals surface area (Å²) in [6.45, 7) is 9.22. The summed E-state index contributed by atoms with van der Waals surface area (Å²) in [5.41, 5.74) is 7.13. The monoisotopic (exact) mass is 434 g/mol. The molecule has 162 valence electrons. The van der Waals surface area contributed by atoms with Gasteiger partial charge in [-0.25, -0.2) is 4.79 Å². The molecule has 5 heteroatoms. The number of benzene rings is 2. The summed E-state index contributed by atoms with van der Waals surface area (Å²) in [5.74, 6) is 0.822. The van der Waals surface area contributed by atoms with Crippen molar-refractivity contribution in [3.8, 4) is 5.75 Å². The molecule has 0 aliphatic carbocycles. The smallest absolute Gasteiger partial charge is 0.322 e. The van der Waals surface area contributed by atoms with Crippen molar-refractivity contribution in [1.29, 1.82) is 0 Å². The minimum Gasteiger partial charge on any atom is -0.497 e. The quantitative estimate of drug-likeness (QED) is 0.514. The van der Waals surface area contributed by atoms with Crippen molar-refractivity contribution in [2.75, 3.05) is 19.0 Å². The highest BCUT2D eigenvalue weighted by Gasteiger charge is 2.35. The predicted molar refractivity (Wildman–Crippen MR) is 129 cm³/mol. The third kappa shape index (κ3) is 4.07. The van der Waals surface area contributed by atoms with E-state index in [0.29, 0.717) is 6.54 Å². The molecular formula is C26H30N2O2S. The van der Waals surface area contributed by atoms with Crippen molar-refractivity contribution < 1.29 is 9.53 Å². The third-order valence-electron chi connectivity index (χ3n) is 6.18. The Kier molecular flexibility index (Phi) is 6.05. The number of aryl methyl sites for hydroxylation is 3. The van der Waals surface area contributed by atoms with Gasteiger partial charge in [0.05, 0.1) is 13.2 Å². The van der Waals surface area contributed by atoms with Gasteiger partial charge >= 0.3 is 6.03 Å². The molecule has 0 radical (unpaired) electrons. The number of urea groups is 1. The molecule has 2 amide bonds. The van der Waals surface area contributed by atoms with Crippen LogP contribution in [0.4, 0.5) is 10.5 Å². The first-order chi connectivity index (χ1) is 14.9. The minimum atomic E-state index is -0.0931. The number of ether oxygens (including phenoxy) is 1. The van der Waals surface area contributed by atoms with Gasteiger partial charge in [0.15, 0.2) is 0 Å². The van der Waals surface area contributed by atoms with Crippen LogP contribution in [0.5, 0.6) is 5.75 Å². The molecule has 1 aromatic heterocycles. The molecule has 0 saturated carbocycles. The summed E-state index contributed by atoms with van der Waals surface area (Å²) >= 11 is 1.83. The van der Waals surface area contributed by atoms with E-state index in [1.165, 1.54) is 26.4 Å². The molecule has 1 aliphatic heterocycles. The molecule has 1 aliphatic rings. The maximum Gasteiger partial charge on any atom is 0.322 e. The lowest BCUT2D eigenvalue weighted by molar-refractivity contribution is 0.195. The van der Waals surface area contributed by atoms with Crippen LogP contribution >= 0.6 is 11.3 Å². The van der Waals surface area contributed by atoms with Gasteiger partial charge < -0.3 is 15.0 Å². The zero-order valence-electron chi connectivity index (χ0n) is 18.9. The fourth-order valence-electron chi connectivity index (χ4n) is 4.59. The molecule has 3 aromatic rings. The SMILES string of the molecule is CCc1c(C)sc2c1CCN(C(=O)Nc1ccc(C)cc1C)[C@H]2c1ccc(OC)cc1. The molecule has 0 saturated heterocycles. The van der Waals surface area contributed by atoms with E-state index in [1.54, 1.807) is 7.11 Å². The Hall–Kier alpha value is -2.79. The molecule has 1 N–H and O–H groups in total. The van der Waals surface area contributed by atoms with Gasteiger partial charge in [0.2, 0.25) is 0 Å². The highest BCUT2D eigenvalue weighted by Crippen LogP contribution is 2.43. The normalized spacial score (nSPS) is 15.5. The van der Waals surface area contributed by atoms with Gasteiger partial charge in [-0.05, 0) is 74.1 Å². The summed E-state index contributed by atoms with van der Waals surface area (Å²) in [4.78, 5) is 18.1. The maximum absolute atomic E-state index is 13.5. The Bertz CT molecular complexity index is 1100. The first-order valence-corrected chi connectivity index (χ1v) is 11.6. The van der Waals surface area contributed by atoms with Crippen molar-refractivity contribution in [2.24, 2.45) is 0 Å². The molecule has 0 fully saturated rings. The molecule has 0 bridgehead atoms. The summed E-state index contributed by atoms with van der Waals surface area (Å²) < 4.78 is 5.35. The number of thiophene rings is 1. The lowest BCUT2D eigenvalue weighted by atomic mass is 9.92. The Morgan fingerprint density at radius 1 is 1.16 bits per heavy atom. The van der Waals surface area contributed by atoms with Crippen LogP contribution in [-0.4, -0.2) is 24.6 Å². The van der Waals surface area contributed by atoms with Crippen molar-refractivity contribution in [1.82, 2.24) is 4.90 Å². The van der Waals surface area contributed by atoms with E-state index in [2.05, 4.69) is 44.3 Å². The average Bonchev–Trinajstić information content (AvgIpc) is 3.10. The van der Waals surface area contributed by atoms with Crippen LogP contribution in [0.25, 0.3) is 0 Å². The number of hydrogen-bond acceptors (Lipinski definition) is 3. The maximum atomic E-state index is 13.5. The van der Waals surface area contributed by atoms with Gasteiger partial charge in [-0.3, -0.25) is 0 Å². The number of carbonyl (C=O) groups excluding carboxylic acids is 1. The number of nitrogens with zero attached hydrogens (tertiary/aromatic N) is 1. The van der Waals surface area contributed by atoms with Gasteiger partial charge in [0, 0.05) is 22.0 Å². The van der Waals surface area contributed by atoms with Crippen molar-refractivity contribution in [2.45, 2.75) is 46.6 Å². The summed E-state index contributed by atoms with van der Waals surface area (Å²) in [6, 6.07) is 14.1. The number of carbonyl (C=O) groups is 1. The Labute approximate surface area is 188 Å². The first kappa shape index (κ1) is 21.4. The number of nitrogens with one attached hydrogen (secondary N) is 1. The van der Waals surface area contributed by atoms with Crippen molar-refractivity contribution >= 4 is 23.1 Å². The number of fused-ring (bicyclic) bond motifs is 1. The van der Waals surface area contributed by atoms with E-state index in [-0.39, 0.29) is 12.1 Å².